The van der Waals surface area contributed by atoms with Gasteiger partial charge in [-0.1, -0.05) is 0 Å². The zero-order valence-electron chi connectivity index (χ0n) is 18.3. The van der Waals surface area contributed by atoms with E-state index in [0.29, 0.717) is 51.1 Å². The number of nitrogens with two attached hydrogens (primary N) is 1. The number of nitrogens with zero attached hydrogens (tertiary/aromatic N) is 6. The minimum absolute atomic E-state index is 0.157. The van der Waals surface area contributed by atoms with Crippen LogP contribution in [-0.2, 0) is 11.3 Å². The standard InChI is InChI=1S/C23H27F2N7O/c24-17-1-2-20-19(11-17)29-15-32(20)18-3-7-31(8-4-18)21(33)23(25)5-9-30(10-6-23)14-16-12-27-22(26)28-13-16/h1-2,11-13,15,18H,3-10,14H2,(H2,26,27,28). The van der Waals surface area contributed by atoms with E-state index < -0.39 is 11.6 Å². The molecule has 1 amide bonds. The molecule has 8 nitrogen and oxygen atoms in total. The molecule has 5 rings (SSSR count). The zero-order chi connectivity index (χ0) is 23.0. The normalized spacial score (nSPS) is 19.8. The van der Waals surface area contributed by atoms with Crippen LogP contribution in [0, 0.1) is 5.82 Å². The maximum absolute atomic E-state index is 15.6. The lowest BCUT2D eigenvalue weighted by molar-refractivity contribution is -0.148. The van der Waals surface area contributed by atoms with E-state index >= 15 is 4.39 Å². The lowest BCUT2D eigenvalue weighted by Gasteiger charge is -2.40. The molecule has 33 heavy (non-hydrogen) atoms. The number of nitrogen functional groups attached to an aromatic ring is 1. The Kier molecular flexibility index (Phi) is 5.69. The molecule has 2 saturated heterocycles. The maximum Gasteiger partial charge on any atom is 0.260 e. The fourth-order valence-electron chi connectivity index (χ4n) is 4.91. The molecule has 174 valence electrons. The fraction of sp³-hybridized carbons (Fsp3) is 0.478. The van der Waals surface area contributed by atoms with Crippen molar-refractivity contribution < 1.29 is 13.6 Å². The predicted molar refractivity (Wildman–Crippen MR) is 119 cm³/mol. The molecule has 1 aromatic carbocycles. The Morgan fingerprint density at radius 3 is 2.48 bits per heavy atom. The third-order valence-corrected chi connectivity index (χ3v) is 6.85. The van der Waals surface area contributed by atoms with Crippen molar-refractivity contribution in [1.82, 2.24) is 29.3 Å². The minimum Gasteiger partial charge on any atom is -0.368 e. The van der Waals surface area contributed by atoms with Gasteiger partial charge in [0.25, 0.3) is 5.91 Å². The van der Waals surface area contributed by atoms with Crippen LogP contribution in [0.1, 0.15) is 37.3 Å². The molecular formula is C23H27F2N7O. The third kappa shape index (κ3) is 4.39. The van der Waals surface area contributed by atoms with E-state index in [1.807, 2.05) is 4.57 Å². The van der Waals surface area contributed by atoms with Crippen molar-refractivity contribution in [2.75, 3.05) is 31.9 Å². The van der Waals surface area contributed by atoms with Gasteiger partial charge in [-0.2, -0.15) is 0 Å². The van der Waals surface area contributed by atoms with E-state index in [0.717, 1.165) is 11.1 Å². The summed E-state index contributed by atoms with van der Waals surface area (Å²) >= 11 is 0. The maximum atomic E-state index is 15.6. The summed E-state index contributed by atoms with van der Waals surface area (Å²) in [4.78, 5) is 29.1. The van der Waals surface area contributed by atoms with E-state index in [1.54, 1.807) is 29.7 Å². The molecule has 2 fully saturated rings. The number of rotatable bonds is 4. The molecule has 0 aliphatic carbocycles. The number of hydrogen-bond donors (Lipinski definition) is 1. The first kappa shape index (κ1) is 21.7. The van der Waals surface area contributed by atoms with Crippen LogP contribution >= 0.6 is 0 Å². The Morgan fingerprint density at radius 2 is 1.79 bits per heavy atom. The van der Waals surface area contributed by atoms with Gasteiger partial charge in [0.05, 0.1) is 17.4 Å². The summed E-state index contributed by atoms with van der Waals surface area (Å²) in [5.74, 6) is -0.479. The predicted octanol–water partition coefficient (Wildman–Crippen LogP) is 2.72. The van der Waals surface area contributed by atoms with E-state index in [-0.39, 0.29) is 30.6 Å². The van der Waals surface area contributed by atoms with Crippen molar-refractivity contribution in [2.24, 2.45) is 0 Å². The van der Waals surface area contributed by atoms with Gasteiger partial charge in [-0.05, 0) is 25.0 Å². The lowest BCUT2D eigenvalue weighted by atomic mass is 9.90. The van der Waals surface area contributed by atoms with Crippen LogP contribution in [0.15, 0.2) is 36.9 Å². The number of halogens is 2. The van der Waals surface area contributed by atoms with E-state index in [1.165, 1.54) is 12.1 Å². The second kappa shape index (κ2) is 8.66. The Balaban J connectivity index is 1.16. The van der Waals surface area contributed by atoms with E-state index in [2.05, 4.69) is 19.9 Å². The molecule has 0 bridgehead atoms. The molecule has 0 unspecified atom stereocenters. The summed E-state index contributed by atoms with van der Waals surface area (Å²) in [5.41, 5.74) is 6.11. The average molecular weight is 456 g/mol. The molecular weight excluding hydrogens is 428 g/mol. The van der Waals surface area contributed by atoms with Crippen LogP contribution < -0.4 is 5.73 Å². The first-order valence-electron chi connectivity index (χ1n) is 11.3. The largest absolute Gasteiger partial charge is 0.368 e. The van der Waals surface area contributed by atoms with Gasteiger partial charge < -0.3 is 15.2 Å². The molecule has 2 N–H and O–H groups in total. The van der Waals surface area contributed by atoms with Gasteiger partial charge in [0.2, 0.25) is 5.95 Å². The summed E-state index contributed by atoms with van der Waals surface area (Å²) in [7, 11) is 0. The third-order valence-electron chi connectivity index (χ3n) is 6.85. The molecule has 0 spiro atoms. The van der Waals surface area contributed by atoms with Crippen LogP contribution in [0.2, 0.25) is 0 Å². The van der Waals surface area contributed by atoms with Crippen molar-refractivity contribution in [3.63, 3.8) is 0 Å². The number of anilines is 1. The number of carbonyl (C=O) groups is 1. The van der Waals surface area contributed by atoms with Gasteiger partial charge in [0.15, 0.2) is 5.67 Å². The van der Waals surface area contributed by atoms with Crippen molar-refractivity contribution in [1.29, 1.82) is 0 Å². The zero-order valence-corrected chi connectivity index (χ0v) is 18.3. The lowest BCUT2D eigenvalue weighted by Crippen LogP contribution is -2.53. The Labute approximate surface area is 190 Å². The summed E-state index contributed by atoms with van der Waals surface area (Å²) in [5, 5.41) is 0. The molecule has 10 heteroatoms. The number of fused-ring (bicyclic) bond motifs is 1. The van der Waals surface area contributed by atoms with Crippen molar-refractivity contribution in [2.45, 2.75) is 43.9 Å². The Hall–Kier alpha value is -3.14. The van der Waals surface area contributed by atoms with E-state index in [4.69, 9.17) is 5.73 Å². The number of carbonyl (C=O) groups excluding carboxylic acids is 1. The molecule has 0 atom stereocenters. The number of amides is 1. The monoisotopic (exact) mass is 455 g/mol. The minimum atomic E-state index is -1.82. The van der Waals surface area contributed by atoms with Gasteiger partial charge in [0, 0.05) is 75.6 Å². The molecule has 0 saturated carbocycles. The first-order valence-corrected chi connectivity index (χ1v) is 11.3. The second-order valence-electron chi connectivity index (χ2n) is 9.00. The highest BCUT2D eigenvalue weighted by Gasteiger charge is 2.44. The summed E-state index contributed by atoms with van der Waals surface area (Å²) < 4.78 is 31.1. The number of benzene rings is 1. The first-order chi connectivity index (χ1) is 15.9. The number of imidazole rings is 1. The number of likely N-dealkylation sites (tertiary alicyclic amines) is 2. The van der Waals surface area contributed by atoms with Gasteiger partial charge in [-0.3, -0.25) is 9.69 Å². The Bertz CT molecular complexity index is 1130. The molecule has 0 radical (unpaired) electrons. The number of piperidine rings is 2. The van der Waals surface area contributed by atoms with Gasteiger partial charge >= 0.3 is 0 Å². The molecule has 3 aromatic rings. The quantitative estimate of drug-likeness (QED) is 0.650. The Morgan fingerprint density at radius 1 is 1.09 bits per heavy atom. The number of alkyl halides is 1. The van der Waals surface area contributed by atoms with Gasteiger partial charge in [-0.15, -0.1) is 0 Å². The van der Waals surface area contributed by atoms with Crippen LogP contribution in [-0.4, -0.2) is 67.1 Å². The van der Waals surface area contributed by atoms with Crippen molar-refractivity contribution in [3.05, 3.63) is 48.3 Å². The van der Waals surface area contributed by atoms with Crippen molar-refractivity contribution >= 4 is 22.9 Å². The molecule has 2 aliphatic rings. The smallest absolute Gasteiger partial charge is 0.260 e. The summed E-state index contributed by atoms with van der Waals surface area (Å²) in [6.07, 6.45) is 6.87. The molecule has 4 heterocycles. The number of aromatic nitrogens is 4. The second-order valence-corrected chi connectivity index (χ2v) is 9.00. The number of hydrogen-bond acceptors (Lipinski definition) is 6. The fourth-order valence-corrected chi connectivity index (χ4v) is 4.91. The highest BCUT2D eigenvalue weighted by atomic mass is 19.1. The van der Waals surface area contributed by atoms with Crippen LogP contribution in [0.5, 0.6) is 0 Å². The summed E-state index contributed by atoms with van der Waals surface area (Å²) in [6.45, 7) is 2.62. The topological polar surface area (TPSA) is 93.2 Å². The SMILES string of the molecule is Nc1ncc(CN2CCC(F)(C(=O)N3CCC(n4cnc5cc(F)ccc54)CC3)CC2)cn1. The average Bonchev–Trinajstić information content (AvgIpc) is 3.25. The van der Waals surface area contributed by atoms with Crippen LogP contribution in [0.3, 0.4) is 0 Å². The van der Waals surface area contributed by atoms with E-state index in [9.17, 15) is 9.18 Å². The van der Waals surface area contributed by atoms with Crippen molar-refractivity contribution in [3.8, 4) is 0 Å². The van der Waals surface area contributed by atoms with Crippen LogP contribution in [0.25, 0.3) is 11.0 Å². The van der Waals surface area contributed by atoms with Crippen LogP contribution in [0.4, 0.5) is 14.7 Å². The van der Waals surface area contributed by atoms with Gasteiger partial charge in [0.1, 0.15) is 5.82 Å². The molecule has 2 aromatic heterocycles. The van der Waals surface area contributed by atoms with Gasteiger partial charge in [-0.25, -0.2) is 23.7 Å². The highest BCUT2D eigenvalue weighted by Crippen LogP contribution is 2.33. The summed E-state index contributed by atoms with van der Waals surface area (Å²) in [6, 6.07) is 4.74. The molecule has 2 aliphatic heterocycles. The highest BCUT2D eigenvalue weighted by molar-refractivity contribution is 5.85.